The molecule has 0 spiro atoms. The van der Waals surface area contributed by atoms with Gasteiger partial charge in [-0.1, -0.05) is 38.1 Å². The number of nitrogens with zero attached hydrogens (tertiary/aromatic N) is 2. The second-order valence-electron chi connectivity index (χ2n) is 8.55. The molecule has 2 amide bonds. The van der Waals surface area contributed by atoms with Gasteiger partial charge in [-0.3, -0.25) is 9.59 Å². The Morgan fingerprint density at radius 1 is 1.10 bits per heavy atom. The third-order valence-electron chi connectivity index (χ3n) is 4.47. The molecule has 0 radical (unpaired) electrons. The average molecular weight is 427 g/mol. The Morgan fingerprint density at radius 3 is 2.45 bits per heavy atom. The SMILES string of the molecule is CC(C)(C)CC(=O)N(Cc1ccco1)Cc1cc(C(=O)NCc2ccc(F)cc2)no1. The van der Waals surface area contributed by atoms with E-state index in [9.17, 15) is 14.0 Å². The van der Waals surface area contributed by atoms with Crippen LogP contribution in [0, 0.1) is 11.2 Å². The van der Waals surface area contributed by atoms with Crippen LogP contribution >= 0.6 is 0 Å². The summed E-state index contributed by atoms with van der Waals surface area (Å²) in [6.45, 7) is 6.66. The van der Waals surface area contributed by atoms with Gasteiger partial charge in [-0.25, -0.2) is 4.39 Å². The summed E-state index contributed by atoms with van der Waals surface area (Å²) in [6, 6.07) is 10.9. The molecule has 164 valence electrons. The van der Waals surface area contributed by atoms with Crippen molar-refractivity contribution in [2.45, 2.75) is 46.8 Å². The first-order valence-electron chi connectivity index (χ1n) is 9.98. The fourth-order valence-electron chi connectivity index (χ4n) is 2.95. The number of halogens is 1. The molecule has 0 bridgehead atoms. The summed E-state index contributed by atoms with van der Waals surface area (Å²) in [5, 5.41) is 6.53. The van der Waals surface area contributed by atoms with Crippen molar-refractivity contribution in [3.8, 4) is 0 Å². The van der Waals surface area contributed by atoms with Crippen molar-refractivity contribution >= 4 is 11.8 Å². The van der Waals surface area contributed by atoms with Crippen molar-refractivity contribution in [3.05, 3.63) is 77.3 Å². The molecule has 2 heterocycles. The molecular weight excluding hydrogens is 401 g/mol. The summed E-state index contributed by atoms with van der Waals surface area (Å²) in [4.78, 5) is 26.8. The zero-order valence-electron chi connectivity index (χ0n) is 17.9. The number of hydrogen-bond donors (Lipinski definition) is 1. The van der Waals surface area contributed by atoms with Crippen LogP contribution < -0.4 is 5.32 Å². The third-order valence-corrected chi connectivity index (χ3v) is 4.47. The van der Waals surface area contributed by atoms with E-state index in [-0.39, 0.29) is 42.5 Å². The zero-order chi connectivity index (χ0) is 22.4. The van der Waals surface area contributed by atoms with E-state index in [1.165, 1.54) is 18.2 Å². The summed E-state index contributed by atoms with van der Waals surface area (Å²) in [5.41, 5.74) is 0.694. The Hall–Kier alpha value is -3.42. The van der Waals surface area contributed by atoms with Gasteiger partial charge in [0.2, 0.25) is 5.91 Å². The smallest absolute Gasteiger partial charge is 0.273 e. The van der Waals surface area contributed by atoms with Gasteiger partial charge < -0.3 is 19.2 Å². The molecule has 0 aliphatic carbocycles. The predicted octanol–water partition coefficient (Wildman–Crippen LogP) is 4.30. The zero-order valence-corrected chi connectivity index (χ0v) is 17.9. The van der Waals surface area contributed by atoms with Crippen LogP contribution in [0.25, 0.3) is 0 Å². The highest BCUT2D eigenvalue weighted by atomic mass is 19.1. The quantitative estimate of drug-likeness (QED) is 0.579. The van der Waals surface area contributed by atoms with E-state index in [4.69, 9.17) is 8.94 Å². The van der Waals surface area contributed by atoms with Gasteiger partial charge in [0.05, 0.1) is 19.4 Å². The normalized spacial score (nSPS) is 11.4. The van der Waals surface area contributed by atoms with Gasteiger partial charge in [-0.15, -0.1) is 0 Å². The standard InChI is InChI=1S/C23H26FN3O4/c1-23(2,3)12-21(28)27(14-18-5-4-10-30-18)15-19-11-20(26-31-19)22(29)25-13-16-6-8-17(24)9-7-16/h4-11H,12-15H2,1-3H3,(H,25,29). The molecule has 0 saturated carbocycles. The van der Waals surface area contributed by atoms with Crippen LogP contribution in [-0.4, -0.2) is 21.9 Å². The van der Waals surface area contributed by atoms with Gasteiger partial charge in [-0.2, -0.15) is 0 Å². The van der Waals surface area contributed by atoms with Crippen molar-refractivity contribution in [1.82, 2.24) is 15.4 Å². The van der Waals surface area contributed by atoms with E-state index in [1.54, 1.807) is 35.4 Å². The van der Waals surface area contributed by atoms with Crippen molar-refractivity contribution in [2.24, 2.45) is 5.41 Å². The minimum absolute atomic E-state index is 0.0531. The summed E-state index contributed by atoms with van der Waals surface area (Å²) >= 11 is 0. The Bertz CT molecular complexity index is 1000. The number of carbonyl (C=O) groups excluding carboxylic acids is 2. The maximum atomic E-state index is 13.0. The first-order valence-corrected chi connectivity index (χ1v) is 9.98. The number of benzene rings is 1. The minimum atomic E-state index is -0.419. The first-order chi connectivity index (χ1) is 14.7. The third kappa shape index (κ3) is 6.80. The van der Waals surface area contributed by atoms with E-state index in [0.717, 1.165) is 5.56 Å². The van der Waals surface area contributed by atoms with Crippen LogP contribution in [0.5, 0.6) is 0 Å². The Labute approximate surface area is 180 Å². The highest BCUT2D eigenvalue weighted by Gasteiger charge is 2.24. The van der Waals surface area contributed by atoms with Crippen molar-refractivity contribution in [3.63, 3.8) is 0 Å². The van der Waals surface area contributed by atoms with Gasteiger partial charge in [-0.05, 0) is 35.2 Å². The highest BCUT2D eigenvalue weighted by Crippen LogP contribution is 2.22. The number of aromatic nitrogens is 1. The lowest BCUT2D eigenvalue weighted by Gasteiger charge is -2.25. The lowest BCUT2D eigenvalue weighted by atomic mass is 9.91. The molecule has 0 fully saturated rings. The number of rotatable bonds is 8. The molecular formula is C23H26FN3O4. The molecule has 31 heavy (non-hydrogen) atoms. The van der Waals surface area contributed by atoms with Crippen LogP contribution in [-0.2, 0) is 24.4 Å². The maximum absolute atomic E-state index is 13.0. The summed E-state index contributed by atoms with van der Waals surface area (Å²) in [6.07, 6.45) is 1.91. The number of amides is 2. The Balaban J connectivity index is 1.64. The van der Waals surface area contributed by atoms with Crippen LogP contribution in [0.1, 0.15) is 54.8 Å². The fraction of sp³-hybridized carbons (Fsp3) is 0.348. The van der Waals surface area contributed by atoms with Crippen molar-refractivity contribution < 1.29 is 22.9 Å². The van der Waals surface area contributed by atoms with Crippen LogP contribution in [0.3, 0.4) is 0 Å². The molecule has 0 aliphatic heterocycles. The van der Waals surface area contributed by atoms with Gasteiger partial charge in [0.25, 0.3) is 5.91 Å². The number of carbonyl (C=O) groups is 2. The molecule has 1 aromatic carbocycles. The van der Waals surface area contributed by atoms with Gasteiger partial charge in [0.1, 0.15) is 11.6 Å². The minimum Gasteiger partial charge on any atom is -0.467 e. The molecule has 7 nitrogen and oxygen atoms in total. The van der Waals surface area contributed by atoms with E-state index >= 15 is 0 Å². The second kappa shape index (κ2) is 9.59. The molecule has 8 heteroatoms. The molecule has 3 rings (SSSR count). The predicted molar refractivity (Wildman–Crippen MR) is 111 cm³/mol. The average Bonchev–Trinajstić information content (AvgIpc) is 3.37. The van der Waals surface area contributed by atoms with Crippen LogP contribution in [0.15, 0.2) is 57.7 Å². The first kappa shape index (κ1) is 22.3. The largest absolute Gasteiger partial charge is 0.467 e. The van der Waals surface area contributed by atoms with Gasteiger partial charge in [0.15, 0.2) is 11.5 Å². The molecule has 2 aromatic heterocycles. The summed E-state index contributed by atoms with van der Waals surface area (Å²) in [5.74, 6) is 0.233. The summed E-state index contributed by atoms with van der Waals surface area (Å²) in [7, 11) is 0. The number of nitrogens with one attached hydrogen (secondary N) is 1. The van der Waals surface area contributed by atoms with E-state index in [1.807, 2.05) is 20.8 Å². The number of hydrogen-bond acceptors (Lipinski definition) is 5. The molecule has 3 aromatic rings. The molecule has 0 saturated heterocycles. The lowest BCUT2D eigenvalue weighted by molar-refractivity contribution is -0.135. The molecule has 1 N–H and O–H groups in total. The maximum Gasteiger partial charge on any atom is 0.273 e. The van der Waals surface area contributed by atoms with Crippen molar-refractivity contribution in [1.29, 1.82) is 0 Å². The second-order valence-corrected chi connectivity index (χ2v) is 8.55. The van der Waals surface area contributed by atoms with Gasteiger partial charge in [0, 0.05) is 19.0 Å². The fourth-order valence-corrected chi connectivity index (χ4v) is 2.95. The Morgan fingerprint density at radius 2 is 1.81 bits per heavy atom. The van der Waals surface area contributed by atoms with E-state index < -0.39 is 5.91 Å². The molecule has 0 atom stereocenters. The topological polar surface area (TPSA) is 88.6 Å². The number of furan rings is 1. The highest BCUT2D eigenvalue weighted by molar-refractivity contribution is 5.92. The van der Waals surface area contributed by atoms with E-state index in [2.05, 4.69) is 10.5 Å². The molecule has 0 aliphatic rings. The molecule has 0 unspecified atom stereocenters. The van der Waals surface area contributed by atoms with Crippen molar-refractivity contribution in [2.75, 3.05) is 0 Å². The van der Waals surface area contributed by atoms with Crippen LogP contribution in [0.4, 0.5) is 4.39 Å². The Kier molecular flexibility index (Phi) is 6.89. The lowest BCUT2D eigenvalue weighted by Crippen LogP contribution is -2.32. The monoisotopic (exact) mass is 427 g/mol. The van der Waals surface area contributed by atoms with E-state index in [0.29, 0.717) is 17.9 Å². The van der Waals surface area contributed by atoms with Crippen LogP contribution in [0.2, 0.25) is 0 Å². The summed E-state index contributed by atoms with van der Waals surface area (Å²) < 4.78 is 23.7. The van der Waals surface area contributed by atoms with Gasteiger partial charge >= 0.3 is 0 Å².